The molecular formula is C23H26F3NO5. The largest absolute Gasteiger partial charge is 0.478 e. The predicted molar refractivity (Wildman–Crippen MR) is 112 cm³/mol. The van der Waals surface area contributed by atoms with Gasteiger partial charge in [0.05, 0.1) is 5.56 Å². The molecule has 174 valence electrons. The van der Waals surface area contributed by atoms with E-state index in [0.717, 1.165) is 17.7 Å². The Morgan fingerprint density at radius 2 is 1.50 bits per heavy atom. The van der Waals surface area contributed by atoms with Crippen LogP contribution < -0.4 is 14.8 Å². The molecule has 0 bridgehead atoms. The van der Waals surface area contributed by atoms with Gasteiger partial charge in [0.1, 0.15) is 11.5 Å². The fraction of sp³-hybridized carbons (Fsp3) is 0.391. The Balaban J connectivity index is 1.90. The number of carboxylic acid groups (broad SMARTS) is 1. The Hall–Kier alpha value is -3.23. The first kappa shape index (κ1) is 25.0. The number of amides is 1. The van der Waals surface area contributed by atoms with E-state index in [2.05, 4.69) is 5.32 Å². The molecule has 0 saturated carbocycles. The Morgan fingerprint density at radius 3 is 2.06 bits per heavy atom. The molecule has 0 unspecified atom stereocenters. The van der Waals surface area contributed by atoms with Crippen molar-refractivity contribution >= 4 is 11.9 Å². The molecule has 2 rings (SSSR count). The average molecular weight is 453 g/mol. The van der Waals surface area contributed by atoms with Crippen LogP contribution in [0.25, 0.3) is 0 Å². The molecule has 0 aromatic heterocycles. The van der Waals surface area contributed by atoms with Gasteiger partial charge in [0, 0.05) is 6.54 Å². The van der Waals surface area contributed by atoms with E-state index >= 15 is 0 Å². The molecule has 0 saturated heterocycles. The number of nitrogens with one attached hydrogen (secondary N) is 1. The van der Waals surface area contributed by atoms with Gasteiger partial charge in [-0.15, -0.1) is 0 Å². The maximum Gasteiger partial charge on any atom is 0.416 e. The molecule has 0 aliphatic carbocycles. The molecule has 0 heterocycles. The van der Waals surface area contributed by atoms with Gasteiger partial charge in [0.2, 0.25) is 0 Å². The van der Waals surface area contributed by atoms with Gasteiger partial charge in [-0.25, -0.2) is 4.79 Å². The van der Waals surface area contributed by atoms with E-state index in [9.17, 15) is 22.8 Å². The van der Waals surface area contributed by atoms with Crippen LogP contribution in [0.3, 0.4) is 0 Å². The van der Waals surface area contributed by atoms with Crippen LogP contribution in [0, 0.1) is 0 Å². The van der Waals surface area contributed by atoms with Crippen molar-refractivity contribution in [1.82, 2.24) is 5.32 Å². The second-order valence-corrected chi connectivity index (χ2v) is 8.21. The number of alkyl halides is 3. The lowest BCUT2D eigenvalue weighted by Crippen LogP contribution is -2.47. The molecule has 0 fully saturated rings. The van der Waals surface area contributed by atoms with Gasteiger partial charge >= 0.3 is 12.1 Å². The smallest absolute Gasteiger partial charge is 0.416 e. The molecule has 2 aromatic rings. The number of benzene rings is 2. The summed E-state index contributed by atoms with van der Waals surface area (Å²) in [6, 6.07) is 11.2. The molecule has 32 heavy (non-hydrogen) atoms. The number of hydrogen-bond acceptors (Lipinski definition) is 4. The van der Waals surface area contributed by atoms with Gasteiger partial charge in [-0.05, 0) is 70.0 Å². The zero-order chi connectivity index (χ0) is 24.2. The topological polar surface area (TPSA) is 84.9 Å². The van der Waals surface area contributed by atoms with Crippen LogP contribution in [0.2, 0.25) is 0 Å². The van der Waals surface area contributed by atoms with Gasteiger partial charge in [-0.1, -0.05) is 18.2 Å². The number of halogens is 3. The highest BCUT2D eigenvalue weighted by atomic mass is 19.4. The van der Waals surface area contributed by atoms with E-state index in [1.807, 2.05) is 0 Å². The highest BCUT2D eigenvalue weighted by Gasteiger charge is 2.33. The first-order valence-corrected chi connectivity index (χ1v) is 9.87. The molecule has 0 aliphatic rings. The molecule has 9 heteroatoms. The number of hydrogen-bond donors (Lipinski definition) is 2. The second-order valence-electron chi connectivity index (χ2n) is 8.21. The minimum atomic E-state index is -4.50. The summed E-state index contributed by atoms with van der Waals surface area (Å²) < 4.78 is 49.5. The highest BCUT2D eigenvalue weighted by molar-refractivity contribution is 5.84. The number of carboxylic acids is 1. The fourth-order valence-corrected chi connectivity index (χ4v) is 2.67. The van der Waals surface area contributed by atoms with Gasteiger partial charge in [-0.2, -0.15) is 13.2 Å². The summed E-state index contributed by atoms with van der Waals surface area (Å²) in [4.78, 5) is 23.6. The van der Waals surface area contributed by atoms with Crippen LogP contribution in [-0.2, 0) is 22.2 Å². The summed E-state index contributed by atoms with van der Waals surface area (Å²) in [7, 11) is 0. The minimum absolute atomic E-state index is 0.0557. The summed E-state index contributed by atoms with van der Waals surface area (Å²) >= 11 is 0. The van der Waals surface area contributed by atoms with Crippen LogP contribution in [0.5, 0.6) is 11.5 Å². The lowest BCUT2D eigenvalue weighted by atomic mass is 10.1. The van der Waals surface area contributed by atoms with Crippen molar-refractivity contribution in [1.29, 1.82) is 0 Å². The molecular weight excluding hydrogens is 427 g/mol. The maximum absolute atomic E-state index is 12.9. The van der Waals surface area contributed by atoms with Crippen LogP contribution >= 0.6 is 0 Å². The monoisotopic (exact) mass is 453 g/mol. The van der Waals surface area contributed by atoms with E-state index in [1.54, 1.807) is 24.3 Å². The number of aliphatic carboxylic acids is 1. The molecule has 2 N–H and O–H groups in total. The third-order valence-corrected chi connectivity index (χ3v) is 4.59. The first-order valence-electron chi connectivity index (χ1n) is 9.87. The molecule has 2 aromatic carbocycles. The summed E-state index contributed by atoms with van der Waals surface area (Å²) in [6.45, 7) is 6.11. The summed E-state index contributed by atoms with van der Waals surface area (Å²) in [6.07, 6.45) is -4.02. The number of carbonyl (C=O) groups is 2. The Morgan fingerprint density at radius 1 is 0.906 bits per heavy atom. The molecule has 0 spiro atoms. The number of carbonyl (C=O) groups excluding carboxylic acids is 1. The van der Waals surface area contributed by atoms with Crippen molar-refractivity contribution in [2.75, 3.05) is 6.54 Å². The predicted octanol–water partition coefficient (Wildman–Crippen LogP) is 4.46. The lowest BCUT2D eigenvalue weighted by molar-refractivity contribution is -0.152. The van der Waals surface area contributed by atoms with Crippen LogP contribution in [0.4, 0.5) is 13.2 Å². The SMILES string of the molecule is CC(C)(Oc1ccc(CCNC(=O)C(C)(C)Oc2cccc(C(F)(F)F)c2)cc1)C(=O)O. The zero-order valence-corrected chi connectivity index (χ0v) is 18.2. The molecule has 1 amide bonds. The van der Waals surface area contributed by atoms with E-state index in [-0.39, 0.29) is 12.3 Å². The standard InChI is InChI=1S/C23H26F3NO5/c1-21(2,32-18-7-5-6-16(14-18)23(24,25)26)19(28)27-13-12-15-8-10-17(11-9-15)31-22(3,4)20(29)30/h5-11,14H,12-13H2,1-4H3,(H,27,28)(H,29,30). The average Bonchev–Trinajstić information content (AvgIpc) is 2.68. The minimum Gasteiger partial charge on any atom is -0.478 e. The Kier molecular flexibility index (Phi) is 7.43. The number of ether oxygens (including phenoxy) is 2. The molecule has 0 atom stereocenters. The van der Waals surface area contributed by atoms with E-state index in [0.29, 0.717) is 12.2 Å². The fourth-order valence-electron chi connectivity index (χ4n) is 2.67. The highest BCUT2D eigenvalue weighted by Crippen LogP contribution is 2.32. The Bertz CT molecular complexity index is 953. The van der Waals surface area contributed by atoms with E-state index in [1.165, 1.54) is 39.8 Å². The molecule has 0 aliphatic heterocycles. The van der Waals surface area contributed by atoms with Gasteiger partial charge in [-0.3, -0.25) is 4.79 Å². The van der Waals surface area contributed by atoms with Crippen molar-refractivity contribution < 1.29 is 37.3 Å². The zero-order valence-electron chi connectivity index (χ0n) is 18.2. The number of rotatable bonds is 9. The van der Waals surface area contributed by atoms with Crippen molar-refractivity contribution in [3.05, 3.63) is 59.7 Å². The Labute approximate surface area is 184 Å². The lowest BCUT2D eigenvalue weighted by Gasteiger charge is -2.25. The summed E-state index contributed by atoms with van der Waals surface area (Å²) in [5.74, 6) is -1.21. The summed E-state index contributed by atoms with van der Waals surface area (Å²) in [5.41, 5.74) is -2.72. The maximum atomic E-state index is 12.9. The van der Waals surface area contributed by atoms with Gasteiger partial charge < -0.3 is 19.9 Å². The van der Waals surface area contributed by atoms with Gasteiger partial charge in [0.25, 0.3) is 5.91 Å². The van der Waals surface area contributed by atoms with Crippen molar-refractivity contribution in [3.63, 3.8) is 0 Å². The van der Waals surface area contributed by atoms with Crippen LogP contribution in [0.1, 0.15) is 38.8 Å². The van der Waals surface area contributed by atoms with Crippen LogP contribution in [-0.4, -0.2) is 34.7 Å². The normalized spacial score (nSPS) is 12.2. The van der Waals surface area contributed by atoms with Crippen molar-refractivity contribution in [2.24, 2.45) is 0 Å². The first-order chi connectivity index (χ1) is 14.7. The van der Waals surface area contributed by atoms with Crippen molar-refractivity contribution in [2.45, 2.75) is 51.5 Å². The molecule has 6 nitrogen and oxygen atoms in total. The molecule has 0 radical (unpaired) electrons. The van der Waals surface area contributed by atoms with E-state index in [4.69, 9.17) is 14.6 Å². The van der Waals surface area contributed by atoms with Crippen LogP contribution in [0.15, 0.2) is 48.5 Å². The van der Waals surface area contributed by atoms with E-state index < -0.39 is 34.8 Å². The quantitative estimate of drug-likeness (QED) is 0.586. The second kappa shape index (κ2) is 9.50. The third-order valence-electron chi connectivity index (χ3n) is 4.59. The van der Waals surface area contributed by atoms with Gasteiger partial charge in [0.15, 0.2) is 11.2 Å². The van der Waals surface area contributed by atoms with Crippen molar-refractivity contribution in [3.8, 4) is 11.5 Å². The summed E-state index contributed by atoms with van der Waals surface area (Å²) in [5, 5.41) is 11.8. The third kappa shape index (κ3) is 6.90.